The van der Waals surface area contributed by atoms with Crippen molar-refractivity contribution in [2.45, 2.75) is 13.3 Å². The van der Waals surface area contributed by atoms with Gasteiger partial charge in [-0.3, -0.25) is 9.59 Å². The minimum absolute atomic E-state index is 0.0493. The number of nitrogens with zero attached hydrogens (tertiary/aromatic N) is 2. The lowest BCUT2D eigenvalue weighted by atomic mass is 10.3. The van der Waals surface area contributed by atoms with Crippen LogP contribution >= 0.6 is 15.9 Å². The van der Waals surface area contributed by atoms with Crippen molar-refractivity contribution in [3.8, 4) is 0 Å². The average Bonchev–Trinajstić information content (AvgIpc) is 2.75. The van der Waals surface area contributed by atoms with Crippen LogP contribution in [0, 0.1) is 0 Å². The van der Waals surface area contributed by atoms with Crippen molar-refractivity contribution in [2.24, 2.45) is 0 Å². The maximum atomic E-state index is 11.9. The largest absolute Gasteiger partial charge is 0.444 e. The average molecular weight is 317 g/mol. The van der Waals surface area contributed by atoms with Crippen LogP contribution in [0.3, 0.4) is 0 Å². The maximum Gasteiger partial charge on any atom is 0.289 e. The van der Waals surface area contributed by atoms with Gasteiger partial charge in [0.25, 0.3) is 5.91 Å². The van der Waals surface area contributed by atoms with Crippen LogP contribution in [0.4, 0.5) is 0 Å². The topological polar surface area (TPSA) is 53.8 Å². The summed E-state index contributed by atoms with van der Waals surface area (Å²) in [6, 6.07) is 3.22. The van der Waals surface area contributed by atoms with Gasteiger partial charge >= 0.3 is 0 Å². The molecule has 100 valence electrons. The summed E-state index contributed by atoms with van der Waals surface area (Å²) < 4.78 is 5.65. The molecule has 0 radical (unpaired) electrons. The molecule has 0 fully saturated rings. The quantitative estimate of drug-likeness (QED) is 0.834. The Hall–Kier alpha value is -1.30. The Morgan fingerprint density at radius 1 is 1.28 bits per heavy atom. The second-order valence-corrected chi connectivity index (χ2v) is 4.86. The van der Waals surface area contributed by atoms with Gasteiger partial charge in [0.15, 0.2) is 10.4 Å². The molecule has 6 heteroatoms. The molecule has 1 aromatic rings. The Morgan fingerprint density at radius 3 is 2.44 bits per heavy atom. The highest BCUT2D eigenvalue weighted by Crippen LogP contribution is 2.15. The van der Waals surface area contributed by atoms with Gasteiger partial charge in [0, 0.05) is 20.6 Å². The van der Waals surface area contributed by atoms with Crippen LogP contribution in [0.2, 0.25) is 0 Å². The van der Waals surface area contributed by atoms with Crippen molar-refractivity contribution >= 4 is 27.7 Å². The highest BCUT2D eigenvalue weighted by molar-refractivity contribution is 9.10. The van der Waals surface area contributed by atoms with Gasteiger partial charge in [0.05, 0.1) is 6.54 Å². The molecule has 0 bridgehead atoms. The van der Waals surface area contributed by atoms with Crippen molar-refractivity contribution in [3.63, 3.8) is 0 Å². The predicted molar refractivity (Wildman–Crippen MR) is 71.3 cm³/mol. The van der Waals surface area contributed by atoms with E-state index in [9.17, 15) is 9.59 Å². The number of furan rings is 1. The van der Waals surface area contributed by atoms with Crippen molar-refractivity contribution in [3.05, 3.63) is 22.6 Å². The third kappa shape index (κ3) is 3.87. The maximum absolute atomic E-state index is 11.9. The molecule has 18 heavy (non-hydrogen) atoms. The molecule has 2 amide bonds. The monoisotopic (exact) mass is 316 g/mol. The van der Waals surface area contributed by atoms with Gasteiger partial charge in [-0.15, -0.1) is 0 Å². The first-order chi connectivity index (χ1) is 8.45. The van der Waals surface area contributed by atoms with Gasteiger partial charge in [-0.2, -0.15) is 0 Å². The zero-order valence-electron chi connectivity index (χ0n) is 10.8. The molecule has 0 saturated carbocycles. The highest BCUT2D eigenvalue weighted by atomic mass is 79.9. The Morgan fingerprint density at radius 2 is 1.94 bits per heavy atom. The van der Waals surface area contributed by atoms with E-state index in [0.29, 0.717) is 11.2 Å². The highest BCUT2D eigenvalue weighted by Gasteiger charge is 2.19. The minimum Gasteiger partial charge on any atom is -0.444 e. The van der Waals surface area contributed by atoms with Crippen LogP contribution in [-0.4, -0.2) is 48.8 Å². The Balaban J connectivity index is 2.57. The molecule has 0 aromatic carbocycles. The zero-order chi connectivity index (χ0) is 13.7. The van der Waals surface area contributed by atoms with E-state index >= 15 is 0 Å². The molecule has 0 aliphatic rings. The number of amides is 2. The minimum atomic E-state index is -0.307. The number of halogens is 1. The van der Waals surface area contributed by atoms with Crippen molar-refractivity contribution in [1.82, 2.24) is 9.80 Å². The molecule has 1 rings (SSSR count). The second kappa shape index (κ2) is 6.58. The summed E-state index contributed by atoms with van der Waals surface area (Å²) in [6.45, 7) is 2.74. The standard InChI is InChI=1S/C12H17BrN2O3/c1-4-7-14(2)11(16)8-15(3)12(17)9-5-6-10(13)18-9/h5-6H,4,7-8H2,1-3H3. The first-order valence-electron chi connectivity index (χ1n) is 5.70. The van der Waals surface area contributed by atoms with Gasteiger partial charge < -0.3 is 14.2 Å². The molecule has 1 aromatic heterocycles. The van der Waals surface area contributed by atoms with E-state index < -0.39 is 0 Å². The van der Waals surface area contributed by atoms with Gasteiger partial charge in [0.2, 0.25) is 5.91 Å². The van der Waals surface area contributed by atoms with Crippen LogP contribution in [0.5, 0.6) is 0 Å². The van der Waals surface area contributed by atoms with Crippen LogP contribution in [0.1, 0.15) is 23.9 Å². The van der Waals surface area contributed by atoms with Crippen LogP contribution in [-0.2, 0) is 4.79 Å². The summed E-state index contributed by atoms with van der Waals surface area (Å²) in [5, 5.41) is 0. The number of likely N-dealkylation sites (N-methyl/N-ethyl adjacent to an activating group) is 2. The molecular formula is C12H17BrN2O3. The molecule has 0 unspecified atom stereocenters. The molecule has 5 nitrogen and oxygen atoms in total. The van der Waals surface area contributed by atoms with E-state index in [2.05, 4.69) is 15.9 Å². The fraction of sp³-hybridized carbons (Fsp3) is 0.500. The lowest BCUT2D eigenvalue weighted by molar-refractivity contribution is -0.130. The van der Waals surface area contributed by atoms with Gasteiger partial charge in [0.1, 0.15) is 0 Å². The normalized spacial score (nSPS) is 10.2. The van der Waals surface area contributed by atoms with Crippen molar-refractivity contribution in [2.75, 3.05) is 27.2 Å². The van der Waals surface area contributed by atoms with Crippen LogP contribution in [0.15, 0.2) is 21.2 Å². The second-order valence-electron chi connectivity index (χ2n) is 4.08. The van der Waals surface area contributed by atoms with Crippen molar-refractivity contribution < 1.29 is 14.0 Å². The summed E-state index contributed by atoms with van der Waals surface area (Å²) in [5.41, 5.74) is 0. The third-order valence-electron chi connectivity index (χ3n) is 2.49. The summed E-state index contributed by atoms with van der Waals surface area (Å²) >= 11 is 3.13. The van der Waals surface area contributed by atoms with E-state index in [1.54, 1.807) is 31.1 Å². The summed E-state index contributed by atoms with van der Waals surface area (Å²) in [7, 11) is 3.31. The number of rotatable bonds is 5. The molecule has 0 aliphatic heterocycles. The Labute approximate surface area is 115 Å². The zero-order valence-corrected chi connectivity index (χ0v) is 12.4. The number of carbonyl (C=O) groups is 2. The molecule has 0 atom stereocenters. The smallest absolute Gasteiger partial charge is 0.289 e. The van der Waals surface area contributed by atoms with Crippen LogP contribution in [0.25, 0.3) is 0 Å². The molecule has 0 N–H and O–H groups in total. The molecule has 0 aliphatic carbocycles. The molecule has 1 heterocycles. The number of hydrogen-bond acceptors (Lipinski definition) is 3. The van der Waals surface area contributed by atoms with E-state index in [1.165, 1.54) is 4.90 Å². The fourth-order valence-corrected chi connectivity index (χ4v) is 1.78. The molecule has 0 spiro atoms. The number of hydrogen-bond donors (Lipinski definition) is 0. The first kappa shape index (κ1) is 14.8. The Bertz CT molecular complexity index is 431. The van der Waals surface area contributed by atoms with Crippen LogP contribution < -0.4 is 0 Å². The van der Waals surface area contributed by atoms with E-state index in [4.69, 9.17) is 4.42 Å². The lowest BCUT2D eigenvalue weighted by Crippen LogP contribution is -2.39. The molecule has 0 saturated heterocycles. The summed E-state index contributed by atoms with van der Waals surface area (Å²) in [6.07, 6.45) is 0.894. The SMILES string of the molecule is CCCN(C)C(=O)CN(C)C(=O)c1ccc(Br)o1. The summed E-state index contributed by atoms with van der Waals surface area (Å²) in [4.78, 5) is 26.7. The first-order valence-corrected chi connectivity index (χ1v) is 6.49. The van der Waals surface area contributed by atoms with Gasteiger partial charge in [-0.05, 0) is 34.5 Å². The van der Waals surface area contributed by atoms with E-state index in [1.807, 2.05) is 6.92 Å². The lowest BCUT2D eigenvalue weighted by Gasteiger charge is -2.20. The number of carbonyl (C=O) groups excluding carboxylic acids is 2. The molecular weight excluding hydrogens is 300 g/mol. The predicted octanol–water partition coefficient (Wildman–Crippen LogP) is 1.98. The van der Waals surface area contributed by atoms with E-state index in [-0.39, 0.29) is 24.1 Å². The third-order valence-corrected chi connectivity index (χ3v) is 2.91. The van der Waals surface area contributed by atoms with E-state index in [0.717, 1.165) is 6.42 Å². The van der Waals surface area contributed by atoms with Crippen molar-refractivity contribution in [1.29, 1.82) is 0 Å². The summed E-state index contributed by atoms with van der Waals surface area (Å²) in [5.74, 6) is -0.174. The van der Waals surface area contributed by atoms with Gasteiger partial charge in [-0.25, -0.2) is 0 Å². The fourth-order valence-electron chi connectivity index (χ4n) is 1.47. The van der Waals surface area contributed by atoms with Gasteiger partial charge in [-0.1, -0.05) is 6.92 Å². The Kier molecular flexibility index (Phi) is 5.40.